The monoisotopic (exact) mass is 255 g/mol. The number of likely N-dealkylation sites (N-methyl/N-ethyl adjacent to an activating group) is 1. The summed E-state index contributed by atoms with van der Waals surface area (Å²) in [5, 5.41) is 3.51. The van der Waals surface area contributed by atoms with Gasteiger partial charge >= 0.3 is 0 Å². The van der Waals surface area contributed by atoms with E-state index >= 15 is 0 Å². The van der Waals surface area contributed by atoms with E-state index in [1.165, 1.54) is 39.0 Å². The number of rotatable bonds is 5. The van der Waals surface area contributed by atoms with Crippen molar-refractivity contribution in [2.24, 2.45) is 5.92 Å². The van der Waals surface area contributed by atoms with E-state index in [1.54, 1.807) is 0 Å². The Bertz CT molecular complexity index is 201. The van der Waals surface area contributed by atoms with Gasteiger partial charge in [-0.05, 0) is 45.8 Å². The molecule has 0 bridgehead atoms. The second-order valence-corrected chi connectivity index (χ2v) is 5.91. The van der Waals surface area contributed by atoms with E-state index in [0.29, 0.717) is 6.04 Å². The van der Waals surface area contributed by atoms with Crippen LogP contribution in [0.5, 0.6) is 0 Å². The van der Waals surface area contributed by atoms with Crippen LogP contribution in [0.1, 0.15) is 19.8 Å². The fraction of sp³-hybridized carbons (Fsp3) is 1.00. The van der Waals surface area contributed by atoms with Gasteiger partial charge in [-0.15, -0.1) is 0 Å². The molecule has 4 nitrogen and oxygen atoms in total. The molecule has 2 heterocycles. The highest BCUT2D eigenvalue weighted by Gasteiger charge is 2.20. The summed E-state index contributed by atoms with van der Waals surface area (Å²) in [6.07, 6.45) is 2.73. The van der Waals surface area contributed by atoms with Gasteiger partial charge in [0.05, 0.1) is 13.2 Å². The molecule has 2 rings (SSSR count). The molecule has 0 radical (unpaired) electrons. The van der Waals surface area contributed by atoms with E-state index in [-0.39, 0.29) is 0 Å². The number of morpholine rings is 1. The highest BCUT2D eigenvalue weighted by Crippen LogP contribution is 2.13. The third kappa shape index (κ3) is 4.50. The molecule has 2 unspecified atom stereocenters. The molecule has 18 heavy (non-hydrogen) atoms. The smallest absolute Gasteiger partial charge is 0.0594 e. The van der Waals surface area contributed by atoms with Crippen LogP contribution in [-0.2, 0) is 4.74 Å². The molecule has 2 aliphatic rings. The lowest BCUT2D eigenvalue weighted by Gasteiger charge is -2.35. The number of piperidine rings is 1. The molecular formula is C14H29N3O. The number of nitrogens with one attached hydrogen (secondary N) is 1. The summed E-state index contributed by atoms with van der Waals surface area (Å²) < 4.78 is 5.40. The van der Waals surface area contributed by atoms with Crippen molar-refractivity contribution in [2.45, 2.75) is 25.8 Å². The lowest BCUT2D eigenvalue weighted by atomic mass is 9.99. The Morgan fingerprint density at radius 3 is 2.83 bits per heavy atom. The molecule has 0 spiro atoms. The van der Waals surface area contributed by atoms with Crippen LogP contribution in [0.25, 0.3) is 0 Å². The van der Waals surface area contributed by atoms with Crippen LogP contribution in [0.15, 0.2) is 0 Å². The van der Waals surface area contributed by atoms with Gasteiger partial charge in [0, 0.05) is 32.2 Å². The number of ether oxygens (including phenoxy) is 1. The SMILES string of the molecule is CC(CN1CCOCC1)N(C)CC1CCCNC1. The van der Waals surface area contributed by atoms with E-state index in [9.17, 15) is 0 Å². The summed E-state index contributed by atoms with van der Waals surface area (Å²) in [6, 6.07) is 0.644. The second-order valence-electron chi connectivity index (χ2n) is 5.91. The summed E-state index contributed by atoms with van der Waals surface area (Å²) >= 11 is 0. The molecule has 0 aromatic rings. The van der Waals surface area contributed by atoms with Gasteiger partial charge in [-0.2, -0.15) is 0 Å². The number of nitrogens with zero attached hydrogens (tertiary/aromatic N) is 2. The lowest BCUT2D eigenvalue weighted by molar-refractivity contribution is 0.0253. The van der Waals surface area contributed by atoms with E-state index < -0.39 is 0 Å². The first-order chi connectivity index (χ1) is 8.75. The van der Waals surface area contributed by atoms with E-state index in [0.717, 1.165) is 32.2 Å². The van der Waals surface area contributed by atoms with Crippen LogP contribution in [-0.4, -0.2) is 75.4 Å². The standard InChI is InChI=1S/C14H29N3O/c1-13(11-17-6-8-18-9-7-17)16(2)12-14-4-3-5-15-10-14/h13-15H,3-12H2,1-2H3. The van der Waals surface area contributed by atoms with Crippen molar-refractivity contribution in [3.63, 3.8) is 0 Å². The molecule has 0 aliphatic carbocycles. The Balaban J connectivity index is 1.68. The predicted molar refractivity (Wildman–Crippen MR) is 74.9 cm³/mol. The molecule has 0 aromatic heterocycles. The summed E-state index contributed by atoms with van der Waals surface area (Å²) in [5.74, 6) is 0.843. The Kier molecular flexibility index (Phi) is 5.89. The molecule has 2 aliphatic heterocycles. The fourth-order valence-electron chi connectivity index (χ4n) is 2.96. The van der Waals surface area contributed by atoms with Crippen LogP contribution in [0, 0.1) is 5.92 Å². The summed E-state index contributed by atoms with van der Waals surface area (Å²) in [4.78, 5) is 5.07. The zero-order chi connectivity index (χ0) is 12.8. The van der Waals surface area contributed by atoms with Crippen LogP contribution in [0.2, 0.25) is 0 Å². The average molecular weight is 255 g/mol. The largest absolute Gasteiger partial charge is 0.379 e. The Morgan fingerprint density at radius 1 is 1.39 bits per heavy atom. The van der Waals surface area contributed by atoms with Gasteiger partial charge in [-0.3, -0.25) is 4.90 Å². The molecule has 0 aromatic carbocycles. The molecule has 0 amide bonds. The maximum absolute atomic E-state index is 5.40. The normalized spacial score (nSPS) is 28.5. The number of hydrogen-bond donors (Lipinski definition) is 1. The van der Waals surface area contributed by atoms with Gasteiger partial charge in [0.1, 0.15) is 0 Å². The minimum absolute atomic E-state index is 0.644. The first kappa shape index (κ1) is 14.3. The van der Waals surface area contributed by atoms with Gasteiger partial charge in [-0.1, -0.05) is 0 Å². The molecule has 4 heteroatoms. The van der Waals surface area contributed by atoms with Crippen LogP contribution < -0.4 is 5.32 Å². The van der Waals surface area contributed by atoms with Crippen molar-refractivity contribution in [3.8, 4) is 0 Å². The van der Waals surface area contributed by atoms with Crippen molar-refractivity contribution in [2.75, 3.05) is 59.5 Å². The minimum Gasteiger partial charge on any atom is -0.379 e. The van der Waals surface area contributed by atoms with Gasteiger partial charge < -0.3 is 15.0 Å². The predicted octanol–water partition coefficient (Wildman–Crippen LogP) is 0.639. The summed E-state index contributed by atoms with van der Waals surface area (Å²) in [7, 11) is 2.28. The fourth-order valence-corrected chi connectivity index (χ4v) is 2.96. The van der Waals surface area contributed by atoms with Crippen LogP contribution in [0.4, 0.5) is 0 Å². The molecule has 0 saturated carbocycles. The van der Waals surface area contributed by atoms with Crippen molar-refractivity contribution in [1.29, 1.82) is 0 Å². The van der Waals surface area contributed by atoms with E-state index in [2.05, 4.69) is 29.1 Å². The topological polar surface area (TPSA) is 27.7 Å². The zero-order valence-corrected chi connectivity index (χ0v) is 12.0. The van der Waals surface area contributed by atoms with Crippen LogP contribution >= 0.6 is 0 Å². The lowest BCUT2D eigenvalue weighted by Crippen LogP contribution is -2.47. The Hall–Kier alpha value is -0.160. The third-order valence-electron chi connectivity index (χ3n) is 4.32. The third-order valence-corrected chi connectivity index (χ3v) is 4.32. The quantitative estimate of drug-likeness (QED) is 0.780. The van der Waals surface area contributed by atoms with Gasteiger partial charge in [0.25, 0.3) is 0 Å². The summed E-state index contributed by atoms with van der Waals surface area (Å²) in [6.45, 7) is 11.2. The molecule has 2 saturated heterocycles. The first-order valence-corrected chi connectivity index (χ1v) is 7.47. The average Bonchev–Trinajstić information content (AvgIpc) is 2.41. The Labute approximate surface area is 112 Å². The molecular weight excluding hydrogens is 226 g/mol. The van der Waals surface area contributed by atoms with Crippen molar-refractivity contribution in [3.05, 3.63) is 0 Å². The van der Waals surface area contributed by atoms with Gasteiger partial charge in [0.2, 0.25) is 0 Å². The van der Waals surface area contributed by atoms with Crippen molar-refractivity contribution >= 4 is 0 Å². The maximum Gasteiger partial charge on any atom is 0.0594 e. The summed E-state index contributed by atoms with van der Waals surface area (Å²) in [5.41, 5.74) is 0. The molecule has 106 valence electrons. The number of hydrogen-bond acceptors (Lipinski definition) is 4. The highest BCUT2D eigenvalue weighted by molar-refractivity contribution is 4.76. The molecule has 2 atom stereocenters. The molecule has 1 N–H and O–H groups in total. The van der Waals surface area contributed by atoms with Gasteiger partial charge in [0.15, 0.2) is 0 Å². The van der Waals surface area contributed by atoms with E-state index in [4.69, 9.17) is 4.74 Å². The van der Waals surface area contributed by atoms with E-state index in [1.807, 2.05) is 0 Å². The van der Waals surface area contributed by atoms with Crippen molar-refractivity contribution < 1.29 is 4.74 Å². The minimum atomic E-state index is 0.644. The first-order valence-electron chi connectivity index (χ1n) is 7.47. The van der Waals surface area contributed by atoms with Crippen LogP contribution in [0.3, 0.4) is 0 Å². The maximum atomic E-state index is 5.40. The molecule has 2 fully saturated rings. The van der Waals surface area contributed by atoms with Crippen molar-refractivity contribution in [1.82, 2.24) is 15.1 Å². The Morgan fingerprint density at radius 2 is 2.17 bits per heavy atom. The highest BCUT2D eigenvalue weighted by atomic mass is 16.5. The second kappa shape index (κ2) is 7.43. The zero-order valence-electron chi connectivity index (χ0n) is 12.0. The van der Waals surface area contributed by atoms with Gasteiger partial charge in [-0.25, -0.2) is 0 Å².